The Hall–Kier alpha value is -0.680. The SMILES string of the molecule is C=CC(=O)OC.C=CC(=O)OC.O=C(O)CC(O)C(=O)O.[H-].[H-].[Na+].[Na+]. The molecule has 11 heteroatoms. The zero-order chi connectivity index (χ0) is 17.4. The minimum absolute atomic E-state index is 0. The van der Waals surface area contributed by atoms with E-state index in [0.29, 0.717) is 0 Å². The maximum Gasteiger partial charge on any atom is 1.00 e. The molecule has 0 aliphatic carbocycles. The van der Waals surface area contributed by atoms with Crippen LogP contribution < -0.4 is 59.1 Å². The van der Waals surface area contributed by atoms with Gasteiger partial charge in [-0.25, -0.2) is 14.4 Å². The zero-order valence-electron chi connectivity index (χ0n) is 15.6. The van der Waals surface area contributed by atoms with Crippen molar-refractivity contribution in [2.45, 2.75) is 12.5 Å². The van der Waals surface area contributed by atoms with Gasteiger partial charge in [-0.05, 0) is 0 Å². The predicted molar refractivity (Wildman–Crippen MR) is 72.5 cm³/mol. The number of carboxylic acids is 2. The molecule has 23 heavy (non-hydrogen) atoms. The van der Waals surface area contributed by atoms with Crippen molar-refractivity contribution >= 4 is 23.9 Å². The number of carbonyl (C=O) groups excluding carboxylic acids is 2. The van der Waals surface area contributed by atoms with E-state index in [4.69, 9.17) is 15.3 Å². The summed E-state index contributed by atoms with van der Waals surface area (Å²) >= 11 is 0. The second-order valence-corrected chi connectivity index (χ2v) is 2.91. The third-order valence-corrected chi connectivity index (χ3v) is 1.39. The van der Waals surface area contributed by atoms with Gasteiger partial charge in [-0.3, -0.25) is 4.79 Å². The minimum Gasteiger partial charge on any atom is -1.00 e. The molecule has 0 aliphatic rings. The van der Waals surface area contributed by atoms with Crippen molar-refractivity contribution in [3.63, 3.8) is 0 Å². The van der Waals surface area contributed by atoms with Gasteiger partial charge < -0.3 is 27.6 Å². The molecule has 0 aromatic carbocycles. The molecule has 1 atom stereocenters. The maximum absolute atomic E-state index is 9.84. The first-order valence-electron chi connectivity index (χ1n) is 5.19. The quantitative estimate of drug-likeness (QED) is 0.249. The summed E-state index contributed by atoms with van der Waals surface area (Å²) in [5.41, 5.74) is 0. The molecule has 1 unspecified atom stereocenters. The van der Waals surface area contributed by atoms with E-state index in [2.05, 4.69) is 22.6 Å². The van der Waals surface area contributed by atoms with Crippen molar-refractivity contribution in [3.05, 3.63) is 25.3 Å². The van der Waals surface area contributed by atoms with Gasteiger partial charge in [0, 0.05) is 12.2 Å². The van der Waals surface area contributed by atoms with Crippen molar-refractivity contribution < 1.29 is 106 Å². The monoisotopic (exact) mass is 354 g/mol. The van der Waals surface area contributed by atoms with Crippen molar-refractivity contribution in [2.75, 3.05) is 14.2 Å². The molecule has 0 amide bonds. The summed E-state index contributed by atoms with van der Waals surface area (Å²) in [5, 5.41) is 24.1. The summed E-state index contributed by atoms with van der Waals surface area (Å²) in [6, 6.07) is 0. The number of aliphatic hydroxyl groups excluding tert-OH is 1. The van der Waals surface area contributed by atoms with Gasteiger partial charge >= 0.3 is 83.0 Å². The van der Waals surface area contributed by atoms with Gasteiger partial charge in [0.2, 0.25) is 0 Å². The Morgan fingerprint density at radius 1 is 1.00 bits per heavy atom. The van der Waals surface area contributed by atoms with Gasteiger partial charge in [0.15, 0.2) is 6.10 Å². The zero-order valence-corrected chi connectivity index (χ0v) is 17.6. The molecule has 0 aromatic heterocycles. The molecule has 3 N–H and O–H groups in total. The molecular weight excluding hydrogens is 334 g/mol. The fraction of sp³-hybridized carbons (Fsp3) is 0.333. The summed E-state index contributed by atoms with van der Waals surface area (Å²) in [5.74, 6) is -3.63. The summed E-state index contributed by atoms with van der Waals surface area (Å²) < 4.78 is 8.28. The first-order chi connectivity index (χ1) is 9.65. The van der Waals surface area contributed by atoms with Crippen LogP contribution in [0.15, 0.2) is 25.3 Å². The minimum atomic E-state index is -1.79. The number of ether oxygens (including phenoxy) is 2. The van der Waals surface area contributed by atoms with Crippen LogP contribution in [0.4, 0.5) is 0 Å². The van der Waals surface area contributed by atoms with Crippen LogP contribution >= 0.6 is 0 Å². The van der Waals surface area contributed by atoms with E-state index in [1.54, 1.807) is 0 Å². The first kappa shape index (κ1) is 33.8. The van der Waals surface area contributed by atoms with Gasteiger partial charge in [-0.15, -0.1) is 0 Å². The number of carboxylic acid groups (broad SMARTS) is 2. The largest absolute Gasteiger partial charge is 1.00 e. The van der Waals surface area contributed by atoms with Crippen molar-refractivity contribution in [2.24, 2.45) is 0 Å². The summed E-state index contributed by atoms with van der Waals surface area (Å²) in [6.45, 7) is 6.31. The molecule has 0 spiro atoms. The normalized spacial score (nSPS) is 8.48. The van der Waals surface area contributed by atoms with Crippen LogP contribution in [0.25, 0.3) is 0 Å². The number of hydrogen-bond donors (Lipinski definition) is 3. The third kappa shape index (κ3) is 33.9. The van der Waals surface area contributed by atoms with Crippen LogP contribution in [0.1, 0.15) is 9.27 Å². The van der Waals surface area contributed by atoms with Gasteiger partial charge in [0.25, 0.3) is 0 Å². The summed E-state index contributed by atoms with van der Waals surface area (Å²) in [6.07, 6.45) is -0.322. The molecule has 9 nitrogen and oxygen atoms in total. The number of rotatable bonds is 5. The molecule has 0 saturated heterocycles. The van der Waals surface area contributed by atoms with E-state index in [9.17, 15) is 19.2 Å². The van der Waals surface area contributed by atoms with Gasteiger partial charge in [-0.1, -0.05) is 13.2 Å². The van der Waals surface area contributed by atoms with E-state index in [1.165, 1.54) is 14.2 Å². The van der Waals surface area contributed by atoms with Crippen LogP contribution in [0.2, 0.25) is 0 Å². The second kappa shape index (κ2) is 23.6. The van der Waals surface area contributed by atoms with E-state index < -0.39 is 36.4 Å². The number of hydrogen-bond acceptors (Lipinski definition) is 7. The van der Waals surface area contributed by atoms with Crippen molar-refractivity contribution in [1.82, 2.24) is 0 Å². The van der Waals surface area contributed by atoms with E-state index in [1.807, 2.05) is 0 Å². The Labute approximate surface area is 180 Å². The Balaban J connectivity index is -0.0000000369. The Bertz CT molecular complexity index is 373. The molecule has 0 aromatic rings. The fourth-order valence-corrected chi connectivity index (χ4v) is 0.419. The standard InChI is InChI=1S/C4H6O5.2C4H6O2.2Na.2H/c5-2(4(8)9)1-3(6)7;2*1-3-4(5)6-2;;;;/h2,5H,1H2,(H,6,7)(H,8,9);2*3H,1H2,2H3;;;;/q;;;2*+1;2*-1. The smallest absolute Gasteiger partial charge is 1.00 e. The second-order valence-electron chi connectivity index (χ2n) is 2.91. The van der Waals surface area contributed by atoms with E-state index in [0.717, 1.165) is 12.2 Å². The Kier molecular flexibility index (Phi) is 34.7. The number of aliphatic hydroxyl groups is 1. The topological polar surface area (TPSA) is 147 Å². The molecule has 0 saturated carbocycles. The van der Waals surface area contributed by atoms with Crippen molar-refractivity contribution in [3.8, 4) is 0 Å². The van der Waals surface area contributed by atoms with Gasteiger partial charge in [0.1, 0.15) is 0 Å². The van der Waals surface area contributed by atoms with Crippen LogP contribution in [0.5, 0.6) is 0 Å². The molecule has 124 valence electrons. The molecule has 0 radical (unpaired) electrons. The maximum atomic E-state index is 9.84. The van der Waals surface area contributed by atoms with E-state index in [-0.39, 0.29) is 62.0 Å². The molecular formula is C12H20Na2O9. The van der Waals surface area contributed by atoms with Crippen molar-refractivity contribution in [1.29, 1.82) is 0 Å². The van der Waals surface area contributed by atoms with Crippen LogP contribution in [0.3, 0.4) is 0 Å². The van der Waals surface area contributed by atoms with Crippen LogP contribution in [-0.2, 0) is 28.7 Å². The number of aliphatic carboxylic acids is 2. The van der Waals surface area contributed by atoms with Crippen LogP contribution in [-0.4, -0.2) is 59.5 Å². The Morgan fingerprint density at radius 2 is 1.30 bits per heavy atom. The number of carbonyl (C=O) groups is 4. The molecule has 0 aliphatic heterocycles. The average Bonchev–Trinajstić information content (AvgIpc) is 2.45. The Morgan fingerprint density at radius 3 is 1.35 bits per heavy atom. The average molecular weight is 354 g/mol. The van der Waals surface area contributed by atoms with E-state index >= 15 is 0 Å². The van der Waals surface area contributed by atoms with Crippen LogP contribution in [0, 0.1) is 0 Å². The molecule has 0 bridgehead atoms. The molecule has 0 fully saturated rings. The molecule has 0 rings (SSSR count). The number of methoxy groups -OCH3 is 2. The fourth-order valence-electron chi connectivity index (χ4n) is 0.419. The van der Waals surface area contributed by atoms with Gasteiger partial charge in [0.05, 0.1) is 20.6 Å². The summed E-state index contributed by atoms with van der Waals surface area (Å²) in [4.78, 5) is 39.1. The first-order valence-corrected chi connectivity index (χ1v) is 5.19. The molecule has 0 heterocycles. The third-order valence-electron chi connectivity index (χ3n) is 1.39. The van der Waals surface area contributed by atoms with Gasteiger partial charge in [-0.2, -0.15) is 0 Å². The predicted octanol–water partition coefficient (Wildman–Crippen LogP) is -6.17. The number of esters is 2. The summed E-state index contributed by atoms with van der Waals surface area (Å²) in [7, 11) is 2.62.